The molecule has 2 fully saturated rings. The molecule has 114 valence electrons. The monoisotopic (exact) mass is 287 g/mol. The second-order valence-electron chi connectivity index (χ2n) is 6.36. The molecule has 0 unspecified atom stereocenters. The molecule has 3 rings (SSSR count). The first-order valence-electron chi connectivity index (χ1n) is 8.19. The zero-order chi connectivity index (χ0) is 14.7. The Morgan fingerprint density at radius 1 is 1.43 bits per heavy atom. The van der Waals surface area contributed by atoms with Gasteiger partial charge in [-0.1, -0.05) is 19.4 Å². The van der Waals surface area contributed by atoms with Crippen LogP contribution in [0.15, 0.2) is 24.5 Å². The van der Waals surface area contributed by atoms with Crippen molar-refractivity contribution >= 4 is 5.91 Å². The second-order valence-corrected chi connectivity index (χ2v) is 6.36. The fourth-order valence-corrected chi connectivity index (χ4v) is 3.25. The van der Waals surface area contributed by atoms with Gasteiger partial charge in [-0.15, -0.1) is 0 Å². The fraction of sp³-hybridized carbons (Fsp3) is 0.647. The molecule has 1 aliphatic carbocycles. The SMILES string of the molecule is CC[C@@H]1CN(C(=O)C2CC2)CC[C@H]1NCc1cccnc1. The number of pyridine rings is 1. The van der Waals surface area contributed by atoms with E-state index in [1.807, 2.05) is 12.3 Å². The van der Waals surface area contributed by atoms with Gasteiger partial charge in [-0.2, -0.15) is 0 Å². The summed E-state index contributed by atoms with van der Waals surface area (Å²) in [7, 11) is 0. The van der Waals surface area contributed by atoms with Crippen LogP contribution in [0.2, 0.25) is 0 Å². The van der Waals surface area contributed by atoms with Gasteiger partial charge in [0.2, 0.25) is 5.91 Å². The average molecular weight is 287 g/mol. The van der Waals surface area contributed by atoms with Crippen LogP contribution in [-0.2, 0) is 11.3 Å². The summed E-state index contributed by atoms with van der Waals surface area (Å²) < 4.78 is 0. The molecule has 0 spiro atoms. The van der Waals surface area contributed by atoms with Gasteiger partial charge in [0.15, 0.2) is 0 Å². The first-order valence-corrected chi connectivity index (χ1v) is 8.19. The number of carbonyl (C=O) groups excluding carboxylic acids is 1. The molecule has 1 saturated carbocycles. The summed E-state index contributed by atoms with van der Waals surface area (Å²) in [5.41, 5.74) is 1.23. The third-order valence-electron chi connectivity index (χ3n) is 4.79. The Bertz CT molecular complexity index is 472. The standard InChI is InChI=1S/C17H25N3O/c1-2-14-12-20(17(21)15-5-6-15)9-7-16(14)19-11-13-4-3-8-18-10-13/h3-4,8,10,14-16,19H,2,5-7,9,11-12H2,1H3/t14-,16-/m1/s1. The number of aromatic nitrogens is 1. The topological polar surface area (TPSA) is 45.2 Å². The maximum atomic E-state index is 12.2. The molecule has 2 aliphatic rings. The zero-order valence-electron chi connectivity index (χ0n) is 12.8. The Hall–Kier alpha value is -1.42. The Labute approximate surface area is 126 Å². The molecule has 21 heavy (non-hydrogen) atoms. The van der Waals surface area contributed by atoms with E-state index in [2.05, 4.69) is 28.2 Å². The Kier molecular flexibility index (Phi) is 4.54. The lowest BCUT2D eigenvalue weighted by molar-refractivity contribution is -0.134. The molecule has 4 nitrogen and oxygen atoms in total. The summed E-state index contributed by atoms with van der Waals surface area (Å²) in [5, 5.41) is 3.67. The van der Waals surface area contributed by atoms with Crippen LogP contribution in [0.3, 0.4) is 0 Å². The van der Waals surface area contributed by atoms with E-state index in [1.54, 1.807) is 6.20 Å². The molecule has 0 radical (unpaired) electrons. The third-order valence-corrected chi connectivity index (χ3v) is 4.79. The normalized spacial score (nSPS) is 25.9. The van der Waals surface area contributed by atoms with Crippen molar-refractivity contribution in [1.29, 1.82) is 0 Å². The molecule has 4 heteroatoms. The lowest BCUT2D eigenvalue weighted by Gasteiger charge is -2.39. The molecule has 0 bridgehead atoms. The summed E-state index contributed by atoms with van der Waals surface area (Å²) in [6.07, 6.45) is 8.13. The highest BCUT2D eigenvalue weighted by atomic mass is 16.2. The third kappa shape index (κ3) is 3.62. The van der Waals surface area contributed by atoms with Crippen molar-refractivity contribution in [3.05, 3.63) is 30.1 Å². The van der Waals surface area contributed by atoms with Crippen LogP contribution in [0.1, 0.15) is 38.2 Å². The molecule has 0 aromatic carbocycles. The number of likely N-dealkylation sites (tertiary alicyclic amines) is 1. The number of hydrogen-bond acceptors (Lipinski definition) is 3. The van der Waals surface area contributed by atoms with Crippen molar-refractivity contribution < 1.29 is 4.79 Å². The first-order chi connectivity index (χ1) is 10.3. The van der Waals surface area contributed by atoms with Crippen LogP contribution in [0, 0.1) is 11.8 Å². The van der Waals surface area contributed by atoms with Gasteiger partial charge in [-0.3, -0.25) is 9.78 Å². The summed E-state index contributed by atoms with van der Waals surface area (Å²) in [6.45, 7) is 4.94. The second kappa shape index (κ2) is 6.56. The highest BCUT2D eigenvalue weighted by Crippen LogP contribution is 2.33. The van der Waals surface area contributed by atoms with Crippen LogP contribution in [0.4, 0.5) is 0 Å². The molecular formula is C17H25N3O. The number of nitrogens with one attached hydrogen (secondary N) is 1. The van der Waals surface area contributed by atoms with E-state index < -0.39 is 0 Å². The molecule has 1 aromatic heterocycles. The highest BCUT2D eigenvalue weighted by molar-refractivity contribution is 5.81. The number of amides is 1. The minimum Gasteiger partial charge on any atom is -0.342 e. The highest BCUT2D eigenvalue weighted by Gasteiger charge is 2.37. The van der Waals surface area contributed by atoms with Crippen molar-refractivity contribution in [1.82, 2.24) is 15.2 Å². The zero-order valence-corrected chi connectivity index (χ0v) is 12.8. The van der Waals surface area contributed by atoms with Gasteiger partial charge < -0.3 is 10.2 Å². The predicted molar refractivity (Wildman–Crippen MR) is 82.6 cm³/mol. The van der Waals surface area contributed by atoms with E-state index >= 15 is 0 Å². The molecule has 2 heterocycles. The largest absolute Gasteiger partial charge is 0.342 e. The van der Waals surface area contributed by atoms with Crippen molar-refractivity contribution in [2.24, 2.45) is 11.8 Å². The van der Waals surface area contributed by atoms with Gasteiger partial charge >= 0.3 is 0 Å². The van der Waals surface area contributed by atoms with E-state index in [0.29, 0.717) is 23.8 Å². The predicted octanol–water partition coefficient (Wildman–Crippen LogP) is 2.21. The number of piperidine rings is 1. The van der Waals surface area contributed by atoms with Gasteiger partial charge in [0.1, 0.15) is 0 Å². The number of rotatable bonds is 5. The van der Waals surface area contributed by atoms with Crippen LogP contribution in [-0.4, -0.2) is 34.9 Å². The van der Waals surface area contributed by atoms with Crippen LogP contribution >= 0.6 is 0 Å². The number of hydrogen-bond donors (Lipinski definition) is 1. The number of nitrogens with zero attached hydrogens (tertiary/aromatic N) is 2. The van der Waals surface area contributed by atoms with Crippen LogP contribution < -0.4 is 5.32 Å². The van der Waals surface area contributed by atoms with E-state index in [4.69, 9.17) is 0 Å². The fourth-order valence-electron chi connectivity index (χ4n) is 3.25. The van der Waals surface area contributed by atoms with Crippen LogP contribution in [0.25, 0.3) is 0 Å². The van der Waals surface area contributed by atoms with E-state index in [-0.39, 0.29) is 0 Å². The quantitative estimate of drug-likeness (QED) is 0.903. The lowest BCUT2D eigenvalue weighted by Crippen LogP contribution is -2.51. The summed E-state index contributed by atoms with van der Waals surface area (Å²) in [5.74, 6) is 1.32. The van der Waals surface area contributed by atoms with Crippen molar-refractivity contribution in [2.75, 3.05) is 13.1 Å². The molecule has 1 aromatic rings. The lowest BCUT2D eigenvalue weighted by atomic mass is 9.89. The minimum absolute atomic E-state index is 0.349. The molecule has 1 saturated heterocycles. The Morgan fingerprint density at radius 2 is 2.29 bits per heavy atom. The summed E-state index contributed by atoms with van der Waals surface area (Å²) in [6, 6.07) is 4.59. The van der Waals surface area contributed by atoms with Gasteiger partial charge in [0, 0.05) is 44.0 Å². The molecule has 1 amide bonds. The minimum atomic E-state index is 0.349. The molecule has 1 N–H and O–H groups in total. The smallest absolute Gasteiger partial charge is 0.225 e. The molecule has 2 atom stereocenters. The maximum absolute atomic E-state index is 12.2. The van der Waals surface area contributed by atoms with Gasteiger partial charge in [0.25, 0.3) is 0 Å². The van der Waals surface area contributed by atoms with E-state index in [9.17, 15) is 4.79 Å². The molecule has 1 aliphatic heterocycles. The average Bonchev–Trinajstić information content (AvgIpc) is 3.38. The van der Waals surface area contributed by atoms with Crippen molar-refractivity contribution in [2.45, 2.75) is 45.2 Å². The Balaban J connectivity index is 1.53. The van der Waals surface area contributed by atoms with Crippen molar-refractivity contribution in [3.8, 4) is 0 Å². The van der Waals surface area contributed by atoms with Gasteiger partial charge in [-0.25, -0.2) is 0 Å². The molecular weight excluding hydrogens is 262 g/mol. The van der Waals surface area contributed by atoms with Gasteiger partial charge in [-0.05, 0) is 36.8 Å². The van der Waals surface area contributed by atoms with E-state index in [1.165, 1.54) is 5.56 Å². The number of carbonyl (C=O) groups is 1. The van der Waals surface area contributed by atoms with Crippen molar-refractivity contribution in [3.63, 3.8) is 0 Å². The van der Waals surface area contributed by atoms with Crippen LogP contribution in [0.5, 0.6) is 0 Å². The first kappa shape index (κ1) is 14.5. The Morgan fingerprint density at radius 3 is 2.95 bits per heavy atom. The maximum Gasteiger partial charge on any atom is 0.225 e. The summed E-state index contributed by atoms with van der Waals surface area (Å²) >= 11 is 0. The van der Waals surface area contributed by atoms with E-state index in [0.717, 1.165) is 45.3 Å². The summed E-state index contributed by atoms with van der Waals surface area (Å²) in [4.78, 5) is 18.5. The van der Waals surface area contributed by atoms with Gasteiger partial charge in [0.05, 0.1) is 0 Å².